The van der Waals surface area contributed by atoms with Crippen LogP contribution in [0.15, 0.2) is 18.6 Å². The van der Waals surface area contributed by atoms with Gasteiger partial charge >= 0.3 is 0 Å². The van der Waals surface area contributed by atoms with Gasteiger partial charge in [-0.15, -0.1) is 0 Å². The lowest BCUT2D eigenvalue weighted by molar-refractivity contribution is 0.316. The second-order valence-electron chi connectivity index (χ2n) is 6.93. The van der Waals surface area contributed by atoms with Crippen LogP contribution in [-0.2, 0) is 10.0 Å². The molecule has 2 aromatic heterocycles. The number of nitrogens with one attached hydrogen (secondary N) is 2. The van der Waals surface area contributed by atoms with Crippen LogP contribution in [0.5, 0.6) is 0 Å². The lowest BCUT2D eigenvalue weighted by Gasteiger charge is -2.42. The molecule has 0 spiro atoms. The topological polar surface area (TPSA) is 115 Å². The van der Waals surface area contributed by atoms with Crippen molar-refractivity contribution in [3.63, 3.8) is 0 Å². The zero-order valence-corrected chi connectivity index (χ0v) is 14.7. The molecule has 0 amide bonds. The molecule has 2 atom stereocenters. The van der Waals surface area contributed by atoms with Crippen molar-refractivity contribution in [2.75, 3.05) is 11.9 Å². The minimum absolute atomic E-state index is 0.00365. The third kappa shape index (κ3) is 2.96. The summed E-state index contributed by atoms with van der Waals surface area (Å²) in [6.07, 6.45) is 5.80. The SMILES string of the molecule is CN(c1ncnc2[nH]ccc12)C1CC(NS(=O)(=O)[C@H]2C[C@@H]2CC#N)C1. The monoisotopic (exact) mass is 360 g/mol. The maximum absolute atomic E-state index is 12.3. The number of nitrogens with zero attached hydrogens (tertiary/aromatic N) is 4. The Kier molecular flexibility index (Phi) is 3.89. The minimum atomic E-state index is -3.31. The molecule has 25 heavy (non-hydrogen) atoms. The van der Waals surface area contributed by atoms with Crippen molar-refractivity contribution in [2.24, 2.45) is 5.92 Å². The maximum Gasteiger partial charge on any atom is 0.215 e. The van der Waals surface area contributed by atoms with E-state index in [0.29, 0.717) is 12.8 Å². The number of H-pyrrole nitrogens is 1. The molecule has 2 saturated carbocycles. The Bertz CT molecular complexity index is 927. The van der Waals surface area contributed by atoms with Gasteiger partial charge < -0.3 is 9.88 Å². The van der Waals surface area contributed by atoms with Gasteiger partial charge in [0.2, 0.25) is 10.0 Å². The summed E-state index contributed by atoms with van der Waals surface area (Å²) in [5.41, 5.74) is 0.797. The average molecular weight is 360 g/mol. The molecule has 0 unspecified atom stereocenters. The Balaban J connectivity index is 1.36. The van der Waals surface area contributed by atoms with Crippen LogP contribution in [0, 0.1) is 17.2 Å². The van der Waals surface area contributed by atoms with Crippen molar-refractivity contribution in [1.29, 1.82) is 5.26 Å². The van der Waals surface area contributed by atoms with Crippen molar-refractivity contribution in [3.8, 4) is 6.07 Å². The average Bonchev–Trinajstić information content (AvgIpc) is 3.17. The molecule has 2 aromatic rings. The quantitative estimate of drug-likeness (QED) is 0.798. The van der Waals surface area contributed by atoms with Gasteiger partial charge in [-0.25, -0.2) is 23.1 Å². The van der Waals surface area contributed by atoms with Gasteiger partial charge in [-0.2, -0.15) is 5.26 Å². The number of hydrogen-bond acceptors (Lipinski definition) is 6. The molecular weight excluding hydrogens is 340 g/mol. The van der Waals surface area contributed by atoms with Crippen LogP contribution in [0.1, 0.15) is 25.7 Å². The largest absolute Gasteiger partial charge is 0.356 e. The summed E-state index contributed by atoms with van der Waals surface area (Å²) in [5, 5.41) is 9.26. The Morgan fingerprint density at radius 3 is 2.96 bits per heavy atom. The van der Waals surface area contributed by atoms with Crippen molar-refractivity contribution in [3.05, 3.63) is 18.6 Å². The van der Waals surface area contributed by atoms with E-state index in [1.165, 1.54) is 6.33 Å². The zero-order chi connectivity index (χ0) is 17.6. The Labute approximate surface area is 146 Å². The molecule has 0 aromatic carbocycles. The maximum atomic E-state index is 12.3. The zero-order valence-electron chi connectivity index (χ0n) is 13.9. The third-order valence-electron chi connectivity index (χ3n) is 5.27. The number of sulfonamides is 1. The van der Waals surface area contributed by atoms with Crippen LogP contribution in [0.3, 0.4) is 0 Å². The summed E-state index contributed by atoms with van der Waals surface area (Å²) in [6.45, 7) is 0. The fraction of sp³-hybridized carbons (Fsp3) is 0.562. The fourth-order valence-corrected chi connectivity index (χ4v) is 5.50. The fourth-order valence-electron chi connectivity index (χ4n) is 3.56. The van der Waals surface area contributed by atoms with Gasteiger partial charge in [0.15, 0.2) is 0 Å². The van der Waals surface area contributed by atoms with E-state index in [1.807, 2.05) is 19.3 Å². The molecule has 0 radical (unpaired) electrons. The summed E-state index contributed by atoms with van der Waals surface area (Å²) in [6, 6.07) is 4.21. The summed E-state index contributed by atoms with van der Waals surface area (Å²) < 4.78 is 27.4. The Hall–Kier alpha value is -2.18. The summed E-state index contributed by atoms with van der Waals surface area (Å²) in [7, 11) is -1.33. The number of anilines is 1. The normalized spacial score (nSPS) is 28.3. The molecule has 0 bridgehead atoms. The van der Waals surface area contributed by atoms with Crippen LogP contribution in [0.25, 0.3) is 11.0 Å². The van der Waals surface area contributed by atoms with E-state index >= 15 is 0 Å². The Morgan fingerprint density at radius 2 is 2.20 bits per heavy atom. The van der Waals surface area contributed by atoms with Gasteiger partial charge in [-0.1, -0.05) is 0 Å². The first-order chi connectivity index (χ1) is 12.0. The predicted molar refractivity (Wildman–Crippen MR) is 93.3 cm³/mol. The lowest BCUT2D eigenvalue weighted by Crippen LogP contribution is -2.53. The Morgan fingerprint density at radius 1 is 1.40 bits per heavy atom. The molecule has 2 N–H and O–H groups in total. The standard InChI is InChI=1S/C16H20N6O2S/c1-22(16-13-3-5-18-15(13)19-9-20-16)12-7-11(8-12)21-25(23,24)14-6-10(14)2-4-17/h3,5,9-12,14,21H,2,6-8H2,1H3,(H,18,19,20)/t10-,11?,12?,14-/m0/s1. The minimum Gasteiger partial charge on any atom is -0.356 e. The molecule has 0 aliphatic heterocycles. The van der Waals surface area contributed by atoms with Crippen LogP contribution in [0.4, 0.5) is 5.82 Å². The van der Waals surface area contributed by atoms with Crippen LogP contribution in [-0.4, -0.2) is 47.8 Å². The van der Waals surface area contributed by atoms with Crippen LogP contribution in [0.2, 0.25) is 0 Å². The highest BCUT2D eigenvalue weighted by atomic mass is 32.2. The van der Waals surface area contributed by atoms with E-state index in [0.717, 1.165) is 29.7 Å². The van der Waals surface area contributed by atoms with E-state index in [1.54, 1.807) is 0 Å². The molecule has 2 aliphatic carbocycles. The molecule has 4 rings (SSSR count). The van der Waals surface area contributed by atoms with Crippen LogP contribution >= 0.6 is 0 Å². The molecule has 132 valence electrons. The first kappa shape index (κ1) is 16.3. The summed E-state index contributed by atoms with van der Waals surface area (Å²) in [5.74, 6) is 0.859. The first-order valence-corrected chi connectivity index (χ1v) is 9.93. The predicted octanol–water partition coefficient (Wildman–Crippen LogP) is 1.15. The van der Waals surface area contributed by atoms with Crippen LogP contribution < -0.4 is 9.62 Å². The number of aromatic amines is 1. The smallest absolute Gasteiger partial charge is 0.215 e. The lowest BCUT2D eigenvalue weighted by atomic mass is 9.86. The third-order valence-corrected chi connectivity index (χ3v) is 7.30. The van der Waals surface area contributed by atoms with Gasteiger partial charge in [0, 0.05) is 31.7 Å². The van der Waals surface area contributed by atoms with Gasteiger partial charge in [0.05, 0.1) is 16.7 Å². The van der Waals surface area contributed by atoms with Crippen molar-refractivity contribution in [1.82, 2.24) is 19.7 Å². The highest BCUT2D eigenvalue weighted by Gasteiger charge is 2.48. The molecule has 0 saturated heterocycles. The summed E-state index contributed by atoms with van der Waals surface area (Å²) >= 11 is 0. The molecule has 2 fully saturated rings. The van der Waals surface area contributed by atoms with E-state index < -0.39 is 10.0 Å². The van der Waals surface area contributed by atoms with E-state index in [-0.39, 0.29) is 23.3 Å². The van der Waals surface area contributed by atoms with E-state index in [9.17, 15) is 8.42 Å². The highest BCUT2D eigenvalue weighted by molar-refractivity contribution is 7.90. The van der Waals surface area contributed by atoms with Gasteiger partial charge in [-0.3, -0.25) is 0 Å². The first-order valence-electron chi connectivity index (χ1n) is 8.38. The second kappa shape index (κ2) is 5.97. The molecule has 2 aliphatic rings. The molecule has 8 nitrogen and oxygen atoms in total. The van der Waals surface area contributed by atoms with E-state index in [2.05, 4.69) is 30.6 Å². The van der Waals surface area contributed by atoms with Gasteiger partial charge in [0.1, 0.15) is 17.8 Å². The number of hydrogen-bond donors (Lipinski definition) is 2. The second-order valence-corrected chi connectivity index (χ2v) is 8.86. The molecule has 2 heterocycles. The van der Waals surface area contributed by atoms with Gasteiger partial charge in [0.25, 0.3) is 0 Å². The molecular formula is C16H20N6O2S. The van der Waals surface area contributed by atoms with Crippen molar-refractivity contribution < 1.29 is 8.42 Å². The van der Waals surface area contributed by atoms with Gasteiger partial charge in [-0.05, 0) is 31.2 Å². The van der Waals surface area contributed by atoms with E-state index in [4.69, 9.17) is 5.26 Å². The number of nitriles is 1. The summed E-state index contributed by atoms with van der Waals surface area (Å²) in [4.78, 5) is 13.7. The number of aromatic nitrogens is 3. The van der Waals surface area contributed by atoms with Crippen molar-refractivity contribution in [2.45, 2.75) is 43.0 Å². The van der Waals surface area contributed by atoms with Crippen molar-refractivity contribution >= 4 is 26.9 Å². The highest BCUT2D eigenvalue weighted by Crippen LogP contribution is 2.40. The molecule has 9 heteroatoms. The number of fused-ring (bicyclic) bond motifs is 1. The number of rotatable bonds is 6.